The van der Waals surface area contributed by atoms with Crippen LogP contribution in [0.25, 0.3) is 5.69 Å². The number of nitrogens with one attached hydrogen (secondary N) is 1. The lowest BCUT2D eigenvalue weighted by atomic mass is 10.1. The molecule has 1 heterocycles. The molecule has 3 aromatic rings. The predicted molar refractivity (Wildman–Crippen MR) is 82.4 cm³/mol. The van der Waals surface area contributed by atoms with Crippen molar-refractivity contribution in [1.82, 2.24) is 14.8 Å². The number of halogens is 3. The Hall–Kier alpha value is -3.36. The number of hydrogen-bond acceptors (Lipinski definition) is 4. The van der Waals surface area contributed by atoms with Crippen molar-refractivity contribution in [2.45, 2.75) is 6.18 Å². The van der Waals surface area contributed by atoms with Gasteiger partial charge in [0.25, 0.3) is 5.91 Å². The van der Waals surface area contributed by atoms with E-state index in [1.165, 1.54) is 30.9 Å². The van der Waals surface area contributed by atoms with Gasteiger partial charge in [-0.2, -0.15) is 13.2 Å². The lowest BCUT2D eigenvalue weighted by Gasteiger charge is -2.12. The van der Waals surface area contributed by atoms with Crippen LogP contribution in [0.4, 0.5) is 18.9 Å². The summed E-state index contributed by atoms with van der Waals surface area (Å²) in [5.74, 6) is -1.47. The van der Waals surface area contributed by atoms with E-state index in [2.05, 4.69) is 15.5 Å². The topological polar surface area (TPSA) is 80.0 Å². The number of aromatic hydroxyl groups is 1. The average molecular weight is 348 g/mol. The van der Waals surface area contributed by atoms with Crippen LogP contribution < -0.4 is 5.32 Å². The van der Waals surface area contributed by atoms with E-state index >= 15 is 0 Å². The second-order valence-corrected chi connectivity index (χ2v) is 5.10. The maximum absolute atomic E-state index is 12.8. The van der Waals surface area contributed by atoms with Crippen LogP contribution in [0.1, 0.15) is 15.9 Å². The van der Waals surface area contributed by atoms with E-state index in [1.54, 1.807) is 16.7 Å². The Morgan fingerprint density at radius 3 is 2.28 bits per heavy atom. The summed E-state index contributed by atoms with van der Waals surface area (Å²) in [5, 5.41) is 19.0. The molecular weight excluding hydrogens is 337 g/mol. The molecule has 0 unspecified atom stereocenters. The number of hydrogen-bond donors (Lipinski definition) is 2. The van der Waals surface area contributed by atoms with Crippen molar-refractivity contribution in [3.05, 3.63) is 66.2 Å². The van der Waals surface area contributed by atoms with Gasteiger partial charge in [-0.3, -0.25) is 9.36 Å². The molecule has 0 bridgehead atoms. The minimum atomic E-state index is -4.72. The summed E-state index contributed by atoms with van der Waals surface area (Å²) in [6.07, 6.45) is -1.74. The van der Waals surface area contributed by atoms with E-state index in [0.29, 0.717) is 6.07 Å². The van der Waals surface area contributed by atoms with Gasteiger partial charge in [-0.15, -0.1) is 10.2 Å². The number of amides is 1. The maximum Gasteiger partial charge on any atom is 0.420 e. The van der Waals surface area contributed by atoms with Crippen LogP contribution in [0.3, 0.4) is 0 Å². The number of nitrogens with zero attached hydrogens (tertiary/aromatic N) is 3. The number of aromatic nitrogens is 3. The molecule has 128 valence electrons. The molecule has 1 amide bonds. The Balaban J connectivity index is 1.78. The zero-order chi connectivity index (χ0) is 18.0. The highest BCUT2D eigenvalue weighted by molar-refractivity contribution is 6.04. The van der Waals surface area contributed by atoms with Crippen molar-refractivity contribution in [1.29, 1.82) is 0 Å². The first-order valence-electron chi connectivity index (χ1n) is 7.01. The summed E-state index contributed by atoms with van der Waals surface area (Å²) >= 11 is 0. The van der Waals surface area contributed by atoms with Crippen molar-refractivity contribution < 1.29 is 23.1 Å². The van der Waals surface area contributed by atoms with Crippen molar-refractivity contribution in [3.63, 3.8) is 0 Å². The standard InChI is InChI=1S/C16H11F3N4O2/c17-16(18,19)13-7-11(3-6-14(13)24)22-15(25)10-1-4-12(5-2-10)23-8-20-21-9-23/h1-9,24H,(H,22,25). The smallest absolute Gasteiger partial charge is 0.420 e. The minimum absolute atomic E-state index is 0.0713. The molecule has 0 spiro atoms. The zero-order valence-electron chi connectivity index (χ0n) is 12.5. The van der Waals surface area contributed by atoms with Gasteiger partial charge in [0.2, 0.25) is 0 Å². The first-order valence-corrected chi connectivity index (χ1v) is 7.01. The van der Waals surface area contributed by atoms with Gasteiger partial charge in [0.1, 0.15) is 18.4 Å². The van der Waals surface area contributed by atoms with Crippen LogP contribution in [0, 0.1) is 0 Å². The Morgan fingerprint density at radius 1 is 1.04 bits per heavy atom. The van der Waals surface area contributed by atoms with Gasteiger partial charge in [-0.25, -0.2) is 0 Å². The van der Waals surface area contributed by atoms with Crippen molar-refractivity contribution in [2.24, 2.45) is 0 Å². The van der Waals surface area contributed by atoms with E-state index in [1.807, 2.05) is 0 Å². The van der Waals surface area contributed by atoms with E-state index in [4.69, 9.17) is 0 Å². The fourth-order valence-corrected chi connectivity index (χ4v) is 2.16. The summed E-state index contributed by atoms with van der Waals surface area (Å²) in [4.78, 5) is 12.2. The fourth-order valence-electron chi connectivity index (χ4n) is 2.16. The Morgan fingerprint density at radius 2 is 1.68 bits per heavy atom. The lowest BCUT2D eigenvalue weighted by Crippen LogP contribution is -2.13. The third-order valence-electron chi connectivity index (χ3n) is 3.41. The van der Waals surface area contributed by atoms with Crippen LogP contribution in [0.2, 0.25) is 0 Å². The van der Waals surface area contributed by atoms with Crippen LogP contribution >= 0.6 is 0 Å². The molecule has 0 aliphatic heterocycles. The number of phenolic OH excluding ortho intramolecular Hbond substituents is 1. The molecule has 9 heteroatoms. The summed E-state index contributed by atoms with van der Waals surface area (Å²) in [6, 6.07) is 9.10. The number of anilines is 1. The summed E-state index contributed by atoms with van der Waals surface area (Å²) < 4.78 is 40.0. The average Bonchev–Trinajstić information content (AvgIpc) is 3.10. The second kappa shape index (κ2) is 6.27. The molecule has 0 aliphatic rings. The fraction of sp³-hybridized carbons (Fsp3) is 0.0625. The molecule has 1 aromatic heterocycles. The molecule has 0 aliphatic carbocycles. The number of benzene rings is 2. The molecule has 6 nitrogen and oxygen atoms in total. The van der Waals surface area contributed by atoms with E-state index in [0.717, 1.165) is 11.8 Å². The molecule has 0 saturated heterocycles. The number of carbonyl (C=O) groups excluding carboxylic acids is 1. The second-order valence-electron chi connectivity index (χ2n) is 5.10. The highest BCUT2D eigenvalue weighted by atomic mass is 19.4. The van der Waals surface area contributed by atoms with Crippen molar-refractivity contribution in [2.75, 3.05) is 5.32 Å². The Bertz CT molecular complexity index is 891. The van der Waals surface area contributed by atoms with Crippen molar-refractivity contribution in [3.8, 4) is 11.4 Å². The quantitative estimate of drug-likeness (QED) is 0.712. The maximum atomic E-state index is 12.8. The highest BCUT2D eigenvalue weighted by Gasteiger charge is 2.34. The van der Waals surface area contributed by atoms with Gasteiger partial charge in [0, 0.05) is 16.9 Å². The molecule has 2 aromatic carbocycles. The van der Waals surface area contributed by atoms with Crippen LogP contribution in [0.15, 0.2) is 55.1 Å². The number of phenols is 1. The summed E-state index contributed by atoms with van der Waals surface area (Å²) in [7, 11) is 0. The molecule has 3 rings (SSSR count). The molecular formula is C16H11F3N4O2. The molecule has 2 N–H and O–H groups in total. The van der Waals surface area contributed by atoms with Crippen LogP contribution in [-0.4, -0.2) is 25.8 Å². The van der Waals surface area contributed by atoms with E-state index in [9.17, 15) is 23.1 Å². The van der Waals surface area contributed by atoms with Crippen LogP contribution in [-0.2, 0) is 6.18 Å². The largest absolute Gasteiger partial charge is 0.507 e. The van der Waals surface area contributed by atoms with Gasteiger partial charge in [-0.1, -0.05) is 0 Å². The number of rotatable bonds is 3. The SMILES string of the molecule is O=C(Nc1ccc(O)c(C(F)(F)F)c1)c1ccc(-n2cnnc2)cc1. The van der Waals surface area contributed by atoms with Crippen LogP contribution in [0.5, 0.6) is 5.75 Å². The third kappa shape index (κ3) is 3.60. The monoisotopic (exact) mass is 348 g/mol. The highest BCUT2D eigenvalue weighted by Crippen LogP contribution is 2.37. The molecule has 0 atom stereocenters. The summed E-state index contributed by atoms with van der Waals surface area (Å²) in [6.45, 7) is 0. The molecule has 0 saturated carbocycles. The first kappa shape index (κ1) is 16.5. The van der Waals surface area contributed by atoms with Crippen molar-refractivity contribution >= 4 is 11.6 Å². The zero-order valence-corrected chi connectivity index (χ0v) is 12.5. The Labute approximate surface area is 139 Å². The molecule has 0 radical (unpaired) electrons. The van der Waals surface area contributed by atoms with E-state index < -0.39 is 23.4 Å². The normalized spacial score (nSPS) is 11.3. The Kier molecular flexibility index (Phi) is 4.14. The van der Waals surface area contributed by atoms with E-state index in [-0.39, 0.29) is 11.3 Å². The van der Waals surface area contributed by atoms with Gasteiger partial charge < -0.3 is 10.4 Å². The number of carbonyl (C=O) groups is 1. The minimum Gasteiger partial charge on any atom is -0.507 e. The first-order chi connectivity index (χ1) is 11.8. The number of alkyl halides is 3. The predicted octanol–water partition coefficient (Wildman–Crippen LogP) is 3.24. The van der Waals surface area contributed by atoms with Gasteiger partial charge in [0.15, 0.2) is 0 Å². The lowest BCUT2D eigenvalue weighted by molar-refractivity contribution is -0.138. The third-order valence-corrected chi connectivity index (χ3v) is 3.41. The van der Waals surface area contributed by atoms with Gasteiger partial charge in [0.05, 0.1) is 5.56 Å². The summed E-state index contributed by atoms with van der Waals surface area (Å²) in [5.41, 5.74) is -0.296. The molecule has 0 fully saturated rings. The van der Waals surface area contributed by atoms with Gasteiger partial charge in [-0.05, 0) is 42.5 Å². The molecule has 25 heavy (non-hydrogen) atoms. The van der Waals surface area contributed by atoms with Gasteiger partial charge >= 0.3 is 6.18 Å².